The van der Waals surface area contributed by atoms with Gasteiger partial charge in [0.15, 0.2) is 11.5 Å². The molecule has 0 bridgehead atoms. The van der Waals surface area contributed by atoms with E-state index >= 15 is 0 Å². The molecule has 0 unspecified atom stereocenters. The zero-order valence-corrected chi connectivity index (χ0v) is 24.0. The molecule has 206 valence electrons. The quantitative estimate of drug-likeness (QED) is 0.207. The van der Waals surface area contributed by atoms with Crippen LogP contribution in [0.3, 0.4) is 0 Å². The number of nitrogens with zero attached hydrogens (tertiary/aromatic N) is 7. The van der Waals surface area contributed by atoms with Crippen LogP contribution in [-0.2, 0) is 0 Å². The first-order valence-electron chi connectivity index (χ1n) is 14.2. The standard InChI is InChI=1S/C36H21N7S/c1-3-11-22(12-4-1)31-24-15-7-9-17-27(24)37-33(39-31)26-21-44-29-19-20-43-36(30(26)29)41-35(42-43)34-38-28-18-10-8-16-25(28)32(40-34)23-13-5-2-6-14-23/h1-21H. The van der Waals surface area contributed by atoms with E-state index in [9.17, 15) is 0 Å². The fourth-order valence-corrected chi connectivity index (χ4v) is 6.65. The van der Waals surface area contributed by atoms with Crippen molar-refractivity contribution in [3.63, 3.8) is 0 Å². The first-order valence-corrected chi connectivity index (χ1v) is 15.1. The number of thiophene rings is 1. The Labute approximate surface area is 255 Å². The third kappa shape index (κ3) is 3.96. The Balaban J connectivity index is 1.26. The van der Waals surface area contributed by atoms with E-state index in [2.05, 4.69) is 41.8 Å². The molecule has 0 amide bonds. The summed E-state index contributed by atoms with van der Waals surface area (Å²) >= 11 is 1.64. The summed E-state index contributed by atoms with van der Waals surface area (Å²) in [5, 5.41) is 9.91. The fourth-order valence-electron chi connectivity index (χ4n) is 5.73. The molecule has 0 aliphatic carbocycles. The normalized spacial score (nSPS) is 11.6. The van der Waals surface area contributed by atoms with Crippen LogP contribution in [0, 0.1) is 0 Å². The zero-order valence-electron chi connectivity index (χ0n) is 23.2. The van der Waals surface area contributed by atoms with Crippen molar-refractivity contribution in [1.82, 2.24) is 34.5 Å². The van der Waals surface area contributed by atoms with Crippen LogP contribution in [0.15, 0.2) is 127 Å². The van der Waals surface area contributed by atoms with Crippen LogP contribution in [0.1, 0.15) is 0 Å². The lowest BCUT2D eigenvalue weighted by molar-refractivity contribution is 0.962. The van der Waals surface area contributed by atoms with Gasteiger partial charge in [-0.25, -0.2) is 29.4 Å². The smallest absolute Gasteiger partial charge is 0.220 e. The summed E-state index contributed by atoms with van der Waals surface area (Å²) in [6.07, 6.45) is 1.93. The number of hydrogen-bond donors (Lipinski definition) is 0. The molecule has 0 atom stereocenters. The van der Waals surface area contributed by atoms with E-state index in [0.29, 0.717) is 23.1 Å². The highest BCUT2D eigenvalue weighted by molar-refractivity contribution is 7.17. The van der Waals surface area contributed by atoms with E-state index in [1.54, 1.807) is 15.9 Å². The minimum Gasteiger partial charge on any atom is -0.228 e. The topological polar surface area (TPSA) is 81.8 Å². The molecule has 9 rings (SSSR count). The van der Waals surface area contributed by atoms with Crippen molar-refractivity contribution in [2.45, 2.75) is 0 Å². The van der Waals surface area contributed by atoms with Crippen LogP contribution in [0.2, 0.25) is 0 Å². The van der Waals surface area contributed by atoms with Gasteiger partial charge in [-0.1, -0.05) is 97.1 Å². The maximum Gasteiger partial charge on any atom is 0.220 e. The molecule has 0 saturated heterocycles. The van der Waals surface area contributed by atoms with Gasteiger partial charge in [0.2, 0.25) is 11.6 Å². The summed E-state index contributed by atoms with van der Waals surface area (Å²) in [5.41, 5.74) is 7.18. The Hall–Kier alpha value is -5.86. The molecule has 0 radical (unpaired) electrons. The van der Waals surface area contributed by atoms with E-state index in [-0.39, 0.29) is 0 Å². The van der Waals surface area contributed by atoms with E-state index in [1.165, 1.54) is 0 Å². The van der Waals surface area contributed by atoms with Crippen LogP contribution in [0.4, 0.5) is 0 Å². The Morgan fingerprint density at radius 2 is 1.07 bits per heavy atom. The zero-order chi connectivity index (χ0) is 29.0. The van der Waals surface area contributed by atoms with E-state index < -0.39 is 0 Å². The summed E-state index contributed by atoms with van der Waals surface area (Å²) in [7, 11) is 0. The minimum absolute atomic E-state index is 0.460. The summed E-state index contributed by atoms with van der Waals surface area (Å²) in [6, 6.07) is 38.6. The third-order valence-corrected chi connectivity index (χ3v) is 8.73. The van der Waals surface area contributed by atoms with Crippen molar-refractivity contribution in [1.29, 1.82) is 0 Å². The number of rotatable bonds is 4. The Morgan fingerprint density at radius 1 is 0.500 bits per heavy atom. The van der Waals surface area contributed by atoms with Gasteiger partial charge in [0.1, 0.15) is 0 Å². The summed E-state index contributed by atoms with van der Waals surface area (Å²) < 4.78 is 2.88. The first kappa shape index (κ1) is 24.7. The molecule has 8 heteroatoms. The lowest BCUT2D eigenvalue weighted by Crippen LogP contribution is -1.96. The molecule has 5 aromatic heterocycles. The molecule has 0 fully saturated rings. The highest BCUT2D eigenvalue weighted by Gasteiger charge is 2.20. The van der Waals surface area contributed by atoms with Crippen molar-refractivity contribution in [3.05, 3.63) is 127 Å². The largest absolute Gasteiger partial charge is 0.228 e. The van der Waals surface area contributed by atoms with Crippen molar-refractivity contribution in [3.8, 4) is 45.6 Å². The second-order valence-corrected chi connectivity index (χ2v) is 11.4. The number of para-hydroxylation sites is 2. The van der Waals surface area contributed by atoms with E-state index in [1.807, 2.05) is 85.1 Å². The molecular formula is C36H21N7S. The molecule has 0 aliphatic rings. The SMILES string of the molecule is c1ccc(-c2nc(-c3nc4c5c(-c6nc(-c7ccccc7)c7ccccc7n6)csc5ccn4n3)nc3ccccc23)cc1. The van der Waals surface area contributed by atoms with Crippen LogP contribution in [-0.4, -0.2) is 34.5 Å². The lowest BCUT2D eigenvalue weighted by Gasteiger charge is -2.09. The number of fused-ring (bicyclic) bond motifs is 5. The molecule has 0 N–H and O–H groups in total. The molecule has 0 saturated carbocycles. The van der Waals surface area contributed by atoms with E-state index in [4.69, 9.17) is 30.0 Å². The molecule has 44 heavy (non-hydrogen) atoms. The van der Waals surface area contributed by atoms with Gasteiger partial charge < -0.3 is 0 Å². The van der Waals surface area contributed by atoms with Gasteiger partial charge in [0, 0.05) is 49.1 Å². The maximum absolute atomic E-state index is 5.13. The molecule has 0 spiro atoms. The van der Waals surface area contributed by atoms with Gasteiger partial charge in [-0.2, -0.15) is 0 Å². The average molecular weight is 584 g/mol. The third-order valence-electron chi connectivity index (χ3n) is 7.78. The average Bonchev–Trinajstić information content (AvgIpc) is 3.73. The second kappa shape index (κ2) is 9.86. The van der Waals surface area contributed by atoms with Gasteiger partial charge in [-0.05, 0) is 18.2 Å². The molecule has 0 aliphatic heterocycles. The molecule has 4 aromatic carbocycles. The van der Waals surface area contributed by atoms with Gasteiger partial charge in [-0.15, -0.1) is 16.4 Å². The highest BCUT2D eigenvalue weighted by Crippen LogP contribution is 2.37. The predicted molar refractivity (Wildman–Crippen MR) is 176 cm³/mol. The fraction of sp³-hybridized carbons (Fsp3) is 0. The van der Waals surface area contributed by atoms with Crippen molar-refractivity contribution < 1.29 is 0 Å². The first-order chi connectivity index (χ1) is 21.8. The predicted octanol–water partition coefficient (Wildman–Crippen LogP) is 8.50. The van der Waals surface area contributed by atoms with Gasteiger partial charge in [0.25, 0.3) is 0 Å². The minimum atomic E-state index is 0.460. The Kier molecular flexibility index (Phi) is 5.54. The summed E-state index contributed by atoms with van der Waals surface area (Å²) in [6.45, 7) is 0. The number of aromatic nitrogens is 7. The molecular weight excluding hydrogens is 563 g/mol. The Morgan fingerprint density at radius 3 is 1.73 bits per heavy atom. The van der Waals surface area contributed by atoms with Gasteiger partial charge in [0.05, 0.1) is 22.4 Å². The van der Waals surface area contributed by atoms with E-state index in [0.717, 1.165) is 60.0 Å². The number of hydrogen-bond acceptors (Lipinski definition) is 7. The van der Waals surface area contributed by atoms with Crippen LogP contribution < -0.4 is 0 Å². The number of pyridine rings is 1. The lowest BCUT2D eigenvalue weighted by atomic mass is 10.1. The van der Waals surface area contributed by atoms with Gasteiger partial charge in [-0.3, -0.25) is 0 Å². The Bertz CT molecular complexity index is 2500. The van der Waals surface area contributed by atoms with Gasteiger partial charge >= 0.3 is 0 Å². The van der Waals surface area contributed by atoms with Crippen molar-refractivity contribution >= 4 is 48.9 Å². The molecule has 9 aromatic rings. The monoisotopic (exact) mass is 583 g/mol. The van der Waals surface area contributed by atoms with Crippen molar-refractivity contribution in [2.75, 3.05) is 0 Å². The highest BCUT2D eigenvalue weighted by atomic mass is 32.1. The maximum atomic E-state index is 5.13. The summed E-state index contributed by atoms with van der Waals surface area (Å²) in [5.74, 6) is 1.59. The summed E-state index contributed by atoms with van der Waals surface area (Å²) in [4.78, 5) is 25.1. The molecule has 7 nitrogen and oxygen atoms in total. The van der Waals surface area contributed by atoms with Crippen LogP contribution >= 0.6 is 11.3 Å². The van der Waals surface area contributed by atoms with Crippen LogP contribution in [0.5, 0.6) is 0 Å². The van der Waals surface area contributed by atoms with Crippen LogP contribution in [0.25, 0.3) is 83.1 Å². The number of benzene rings is 4. The van der Waals surface area contributed by atoms with Crippen molar-refractivity contribution in [2.24, 2.45) is 0 Å². The second-order valence-electron chi connectivity index (χ2n) is 10.5. The molecule has 5 heterocycles.